The Hall–Kier alpha value is -0.263. The van der Waals surface area contributed by atoms with E-state index < -0.39 is 8.07 Å². The number of hydrogen-bond donors (Lipinski definition) is 0. The summed E-state index contributed by atoms with van der Waals surface area (Å²) in [6.45, 7) is 15.1. The molecule has 0 aromatic heterocycles. The molecule has 0 aromatic carbocycles. The van der Waals surface area contributed by atoms with Crippen molar-refractivity contribution in [1.29, 1.82) is 0 Å². The SMILES string of the molecule is CC(C)[Si](C#CCC1CCCO1)(C(C)C)C(C)C. The molecule has 1 saturated heterocycles. The van der Waals surface area contributed by atoms with Gasteiger partial charge in [-0.05, 0) is 29.5 Å². The van der Waals surface area contributed by atoms with Crippen LogP contribution in [0.1, 0.15) is 60.8 Å². The highest BCUT2D eigenvalue weighted by molar-refractivity contribution is 6.90. The minimum Gasteiger partial charge on any atom is -0.377 e. The van der Waals surface area contributed by atoms with Crippen LogP contribution in [-0.2, 0) is 4.74 Å². The molecule has 2 heteroatoms. The maximum Gasteiger partial charge on any atom is 0.145 e. The summed E-state index contributed by atoms with van der Waals surface area (Å²) in [5, 5.41) is 0. The smallest absolute Gasteiger partial charge is 0.145 e. The van der Waals surface area contributed by atoms with E-state index in [-0.39, 0.29) is 0 Å². The van der Waals surface area contributed by atoms with E-state index in [2.05, 4.69) is 53.0 Å². The summed E-state index contributed by atoms with van der Waals surface area (Å²) in [5.74, 6) is 3.50. The molecule has 0 spiro atoms. The highest BCUT2D eigenvalue weighted by Crippen LogP contribution is 2.40. The molecule has 0 saturated carbocycles. The molecule has 1 atom stereocenters. The van der Waals surface area contributed by atoms with Gasteiger partial charge < -0.3 is 4.74 Å². The zero-order valence-corrected chi connectivity index (χ0v) is 14.0. The van der Waals surface area contributed by atoms with Gasteiger partial charge in [-0.3, -0.25) is 0 Å². The number of rotatable bonds is 4. The second kappa shape index (κ2) is 6.77. The Morgan fingerprint density at radius 2 is 1.61 bits per heavy atom. The molecule has 0 bridgehead atoms. The van der Waals surface area contributed by atoms with E-state index in [9.17, 15) is 0 Å². The van der Waals surface area contributed by atoms with Gasteiger partial charge in [-0.2, -0.15) is 0 Å². The quantitative estimate of drug-likeness (QED) is 0.526. The minimum atomic E-state index is -1.52. The Labute approximate surface area is 115 Å². The maximum atomic E-state index is 5.66. The predicted octanol–water partition coefficient (Wildman–Crippen LogP) is 4.78. The van der Waals surface area contributed by atoms with E-state index in [1.165, 1.54) is 12.8 Å². The van der Waals surface area contributed by atoms with Gasteiger partial charge in [0, 0.05) is 13.0 Å². The topological polar surface area (TPSA) is 9.23 Å². The zero-order chi connectivity index (χ0) is 13.8. The third-order valence-electron chi connectivity index (χ3n) is 4.52. The summed E-state index contributed by atoms with van der Waals surface area (Å²) >= 11 is 0. The molecule has 1 nitrogen and oxygen atoms in total. The second-order valence-corrected chi connectivity index (χ2v) is 12.1. The lowest BCUT2D eigenvalue weighted by Crippen LogP contribution is -2.43. The van der Waals surface area contributed by atoms with Crippen LogP contribution in [0.4, 0.5) is 0 Å². The van der Waals surface area contributed by atoms with Crippen LogP contribution in [0.2, 0.25) is 16.6 Å². The van der Waals surface area contributed by atoms with Gasteiger partial charge >= 0.3 is 0 Å². The Kier molecular flexibility index (Phi) is 5.94. The molecular weight excluding hydrogens is 236 g/mol. The molecule has 1 rings (SSSR count). The Bertz CT molecular complexity index is 281. The average molecular weight is 267 g/mol. The van der Waals surface area contributed by atoms with E-state index in [0.29, 0.717) is 6.10 Å². The van der Waals surface area contributed by atoms with Crippen LogP contribution in [0, 0.1) is 11.5 Å². The van der Waals surface area contributed by atoms with E-state index in [0.717, 1.165) is 29.7 Å². The van der Waals surface area contributed by atoms with Crippen molar-refractivity contribution in [3.8, 4) is 11.5 Å². The third kappa shape index (κ3) is 3.39. The molecule has 0 aromatic rings. The molecule has 0 amide bonds. The van der Waals surface area contributed by atoms with Crippen molar-refractivity contribution < 1.29 is 4.74 Å². The monoisotopic (exact) mass is 266 g/mol. The summed E-state index contributed by atoms with van der Waals surface area (Å²) in [5.41, 5.74) is 5.96. The minimum absolute atomic E-state index is 0.413. The summed E-state index contributed by atoms with van der Waals surface area (Å²) < 4.78 is 5.66. The van der Waals surface area contributed by atoms with E-state index >= 15 is 0 Å². The average Bonchev–Trinajstić information content (AvgIpc) is 2.75. The van der Waals surface area contributed by atoms with Crippen LogP contribution >= 0.6 is 0 Å². The van der Waals surface area contributed by atoms with Gasteiger partial charge in [0.05, 0.1) is 6.10 Å². The van der Waals surface area contributed by atoms with Crippen molar-refractivity contribution in [2.75, 3.05) is 6.61 Å². The van der Waals surface area contributed by atoms with Crippen molar-refractivity contribution in [3.05, 3.63) is 0 Å². The third-order valence-corrected chi connectivity index (χ3v) is 10.9. The molecule has 18 heavy (non-hydrogen) atoms. The van der Waals surface area contributed by atoms with Crippen LogP contribution in [0.5, 0.6) is 0 Å². The zero-order valence-electron chi connectivity index (χ0n) is 13.0. The van der Waals surface area contributed by atoms with Crippen LogP contribution in [0.15, 0.2) is 0 Å². The van der Waals surface area contributed by atoms with Crippen LogP contribution in [-0.4, -0.2) is 20.8 Å². The summed E-state index contributed by atoms with van der Waals surface area (Å²) in [4.78, 5) is 0. The fraction of sp³-hybridized carbons (Fsp3) is 0.875. The van der Waals surface area contributed by atoms with Gasteiger partial charge in [0.25, 0.3) is 0 Å². The molecule has 1 aliphatic rings. The lowest BCUT2D eigenvalue weighted by Gasteiger charge is -2.38. The van der Waals surface area contributed by atoms with Gasteiger partial charge in [0.1, 0.15) is 8.07 Å². The normalized spacial score (nSPS) is 20.6. The molecule has 0 aliphatic carbocycles. The van der Waals surface area contributed by atoms with Crippen molar-refractivity contribution in [3.63, 3.8) is 0 Å². The lowest BCUT2D eigenvalue weighted by atomic mass is 10.2. The fourth-order valence-electron chi connectivity index (χ4n) is 3.56. The van der Waals surface area contributed by atoms with Crippen molar-refractivity contribution in [2.24, 2.45) is 0 Å². The molecule has 1 unspecified atom stereocenters. The highest BCUT2D eigenvalue weighted by atomic mass is 28.3. The first-order chi connectivity index (χ1) is 8.41. The lowest BCUT2D eigenvalue weighted by molar-refractivity contribution is 0.115. The summed E-state index contributed by atoms with van der Waals surface area (Å²) in [7, 11) is -1.52. The fourth-order valence-corrected chi connectivity index (χ4v) is 8.83. The summed E-state index contributed by atoms with van der Waals surface area (Å²) in [6, 6.07) is 0. The molecule has 1 heterocycles. The first kappa shape index (κ1) is 15.8. The molecule has 0 radical (unpaired) electrons. The van der Waals surface area contributed by atoms with E-state index in [1.807, 2.05) is 0 Å². The van der Waals surface area contributed by atoms with Crippen molar-refractivity contribution in [2.45, 2.75) is 83.5 Å². The first-order valence-electron chi connectivity index (χ1n) is 7.52. The summed E-state index contributed by atoms with van der Waals surface area (Å²) in [6.07, 6.45) is 3.78. The molecular formula is C16H30OSi. The largest absolute Gasteiger partial charge is 0.377 e. The number of hydrogen-bond acceptors (Lipinski definition) is 1. The predicted molar refractivity (Wildman–Crippen MR) is 82.4 cm³/mol. The van der Waals surface area contributed by atoms with Gasteiger partial charge in [-0.25, -0.2) is 0 Å². The van der Waals surface area contributed by atoms with Gasteiger partial charge in [0.2, 0.25) is 0 Å². The van der Waals surface area contributed by atoms with E-state index in [1.54, 1.807) is 0 Å². The van der Waals surface area contributed by atoms with Gasteiger partial charge in [-0.15, -0.1) is 11.5 Å². The molecule has 1 aliphatic heterocycles. The maximum absolute atomic E-state index is 5.66. The molecule has 0 N–H and O–H groups in total. The standard InChI is InChI=1S/C16H30OSi/c1-13(2)18(14(3)4,15(5)6)12-8-10-16-9-7-11-17-16/h13-16H,7,9-11H2,1-6H3. The van der Waals surface area contributed by atoms with Crippen molar-refractivity contribution in [1.82, 2.24) is 0 Å². The van der Waals surface area contributed by atoms with E-state index in [4.69, 9.17) is 4.74 Å². The van der Waals surface area contributed by atoms with Crippen molar-refractivity contribution >= 4 is 8.07 Å². The van der Waals surface area contributed by atoms with Crippen LogP contribution < -0.4 is 0 Å². The number of ether oxygens (including phenoxy) is 1. The first-order valence-corrected chi connectivity index (χ1v) is 9.76. The Morgan fingerprint density at radius 1 is 1.06 bits per heavy atom. The van der Waals surface area contributed by atoms with Gasteiger partial charge in [-0.1, -0.05) is 41.5 Å². The Balaban J connectivity index is 2.80. The Morgan fingerprint density at radius 3 is 2.00 bits per heavy atom. The second-order valence-electron chi connectivity index (χ2n) is 6.54. The van der Waals surface area contributed by atoms with Gasteiger partial charge in [0.15, 0.2) is 0 Å². The molecule has 1 fully saturated rings. The van der Waals surface area contributed by atoms with Crippen LogP contribution in [0.3, 0.4) is 0 Å². The van der Waals surface area contributed by atoms with Crippen LogP contribution in [0.25, 0.3) is 0 Å². The highest BCUT2D eigenvalue weighted by Gasteiger charge is 2.41. The molecule has 104 valence electrons.